The zero-order chi connectivity index (χ0) is 19.5. The van der Waals surface area contributed by atoms with E-state index in [0.717, 1.165) is 11.3 Å². The van der Waals surface area contributed by atoms with Gasteiger partial charge in [0.05, 0.1) is 25.3 Å². The molecule has 1 aromatic carbocycles. The van der Waals surface area contributed by atoms with E-state index >= 15 is 0 Å². The summed E-state index contributed by atoms with van der Waals surface area (Å²) in [4.78, 5) is 31.6. The van der Waals surface area contributed by atoms with Gasteiger partial charge in [-0.05, 0) is 37.5 Å². The highest BCUT2D eigenvalue weighted by molar-refractivity contribution is 5.98. The van der Waals surface area contributed by atoms with E-state index in [1.165, 1.54) is 0 Å². The van der Waals surface area contributed by atoms with Crippen molar-refractivity contribution in [1.82, 2.24) is 9.88 Å². The summed E-state index contributed by atoms with van der Waals surface area (Å²) in [6.07, 6.45) is 2.53. The maximum Gasteiger partial charge on any atom is 0.410 e. The Morgan fingerprint density at radius 2 is 1.86 bits per heavy atom. The molecule has 3 heterocycles. The average molecular weight is 380 g/mol. The lowest BCUT2D eigenvalue weighted by molar-refractivity contribution is -0.0755. The topological polar surface area (TPSA) is 68.7 Å². The highest BCUT2D eigenvalue weighted by Gasteiger charge is 2.44. The molecule has 2 aliphatic heterocycles. The molecule has 0 radical (unpaired) electrons. The Morgan fingerprint density at radius 1 is 1.14 bits per heavy atom. The molecule has 146 valence electrons. The van der Waals surface area contributed by atoms with Crippen LogP contribution < -0.4 is 0 Å². The Kier molecular flexibility index (Phi) is 5.39. The minimum absolute atomic E-state index is 0.112. The van der Waals surface area contributed by atoms with E-state index in [-0.39, 0.29) is 36.5 Å². The summed E-state index contributed by atoms with van der Waals surface area (Å²) >= 11 is 0. The van der Waals surface area contributed by atoms with E-state index < -0.39 is 0 Å². The molecule has 2 aromatic rings. The van der Waals surface area contributed by atoms with Crippen molar-refractivity contribution < 1.29 is 19.1 Å². The number of carbonyl (C=O) groups is 2. The number of fused-ring (bicyclic) bond motifs is 2. The molecule has 0 spiro atoms. The van der Waals surface area contributed by atoms with Crippen molar-refractivity contribution in [2.24, 2.45) is 5.92 Å². The zero-order valence-electron chi connectivity index (χ0n) is 15.9. The molecule has 28 heavy (non-hydrogen) atoms. The minimum atomic E-state index is -0.326. The molecular weight excluding hydrogens is 356 g/mol. The Labute approximate surface area is 164 Å². The highest BCUT2D eigenvalue weighted by Crippen LogP contribution is 2.34. The number of nitrogens with zero attached hydrogens (tertiary/aromatic N) is 2. The number of aromatic nitrogens is 1. The molecule has 2 unspecified atom stereocenters. The minimum Gasteiger partial charge on any atom is -0.445 e. The zero-order valence-corrected chi connectivity index (χ0v) is 15.9. The normalized spacial score (nSPS) is 23.9. The lowest BCUT2D eigenvalue weighted by atomic mass is 9.81. The van der Waals surface area contributed by atoms with Gasteiger partial charge in [0.25, 0.3) is 0 Å². The van der Waals surface area contributed by atoms with Crippen molar-refractivity contribution in [2.75, 3.05) is 13.2 Å². The van der Waals surface area contributed by atoms with Crippen molar-refractivity contribution in [1.29, 1.82) is 0 Å². The van der Waals surface area contributed by atoms with Gasteiger partial charge >= 0.3 is 6.09 Å². The third-order valence-electron chi connectivity index (χ3n) is 5.49. The molecule has 1 amide bonds. The number of rotatable bonds is 4. The van der Waals surface area contributed by atoms with Crippen LogP contribution in [0.2, 0.25) is 0 Å². The van der Waals surface area contributed by atoms with Crippen LogP contribution in [0.1, 0.15) is 34.5 Å². The fourth-order valence-electron chi connectivity index (χ4n) is 4.16. The van der Waals surface area contributed by atoms with Crippen LogP contribution in [-0.4, -0.2) is 47.1 Å². The third-order valence-corrected chi connectivity index (χ3v) is 5.49. The molecule has 2 bridgehead atoms. The molecule has 2 aliphatic rings. The molecule has 6 nitrogen and oxygen atoms in total. The molecule has 0 saturated carbocycles. The summed E-state index contributed by atoms with van der Waals surface area (Å²) in [6.45, 7) is 3.01. The smallest absolute Gasteiger partial charge is 0.410 e. The van der Waals surface area contributed by atoms with Gasteiger partial charge in [-0.25, -0.2) is 4.79 Å². The predicted molar refractivity (Wildman–Crippen MR) is 103 cm³/mol. The van der Waals surface area contributed by atoms with Crippen molar-refractivity contribution in [3.05, 3.63) is 65.5 Å². The van der Waals surface area contributed by atoms with Gasteiger partial charge in [-0.3, -0.25) is 14.7 Å². The Morgan fingerprint density at radius 3 is 2.54 bits per heavy atom. The second-order valence-corrected chi connectivity index (χ2v) is 7.51. The number of ketones is 1. The van der Waals surface area contributed by atoms with Crippen LogP contribution in [-0.2, 0) is 16.1 Å². The summed E-state index contributed by atoms with van der Waals surface area (Å²) in [7, 11) is 0. The third kappa shape index (κ3) is 3.92. The van der Waals surface area contributed by atoms with Crippen LogP contribution in [0.25, 0.3) is 0 Å². The predicted octanol–water partition coefficient (Wildman–Crippen LogP) is 3.39. The maximum atomic E-state index is 13.0. The van der Waals surface area contributed by atoms with Crippen LogP contribution in [0.3, 0.4) is 0 Å². The first kappa shape index (κ1) is 18.6. The molecule has 2 saturated heterocycles. The van der Waals surface area contributed by atoms with Gasteiger partial charge in [-0.2, -0.15) is 0 Å². The molecule has 0 aliphatic carbocycles. The van der Waals surface area contributed by atoms with E-state index in [4.69, 9.17) is 9.47 Å². The van der Waals surface area contributed by atoms with Gasteiger partial charge in [0.1, 0.15) is 6.61 Å². The number of Topliss-reactive ketones (excluding diaryl/α,β-unsaturated/α-hetero) is 1. The number of carbonyl (C=O) groups excluding carboxylic acids is 2. The molecule has 2 fully saturated rings. The van der Waals surface area contributed by atoms with E-state index in [9.17, 15) is 9.59 Å². The van der Waals surface area contributed by atoms with Gasteiger partial charge in [0, 0.05) is 23.4 Å². The highest BCUT2D eigenvalue weighted by atomic mass is 16.6. The van der Waals surface area contributed by atoms with Gasteiger partial charge < -0.3 is 9.47 Å². The Bertz CT molecular complexity index is 841. The van der Waals surface area contributed by atoms with Crippen LogP contribution in [0.15, 0.2) is 48.7 Å². The molecule has 4 rings (SSSR count). The SMILES string of the molecule is Cc1cc(C(=O)C2CC3COCC(C2)N3C(=O)OCc2ccccc2)ccn1. The number of hydrogen-bond acceptors (Lipinski definition) is 5. The number of hydrogen-bond donors (Lipinski definition) is 0. The fraction of sp³-hybridized carbons (Fsp3) is 0.409. The number of pyridine rings is 1. The first-order valence-corrected chi connectivity index (χ1v) is 9.65. The molecule has 2 atom stereocenters. The number of piperidine rings is 1. The van der Waals surface area contributed by atoms with Crippen molar-refractivity contribution in [3.8, 4) is 0 Å². The fourth-order valence-corrected chi connectivity index (χ4v) is 4.16. The lowest BCUT2D eigenvalue weighted by Crippen LogP contribution is -2.59. The number of benzene rings is 1. The standard InChI is InChI=1S/C22H24N2O4/c1-15-9-17(7-8-23-15)21(25)18-10-19-13-27-14-20(11-18)24(19)22(26)28-12-16-5-3-2-4-6-16/h2-9,18-20H,10-14H2,1H3. The van der Waals surface area contributed by atoms with Crippen LogP contribution >= 0.6 is 0 Å². The maximum absolute atomic E-state index is 13.0. The molecule has 1 aromatic heterocycles. The Hall–Kier alpha value is -2.73. The van der Waals surface area contributed by atoms with E-state index in [1.807, 2.05) is 43.3 Å². The molecular formula is C22H24N2O4. The quantitative estimate of drug-likeness (QED) is 0.761. The van der Waals surface area contributed by atoms with Gasteiger partial charge in [0.2, 0.25) is 0 Å². The van der Waals surface area contributed by atoms with Crippen molar-refractivity contribution >= 4 is 11.9 Å². The first-order chi connectivity index (χ1) is 13.6. The van der Waals surface area contributed by atoms with E-state index in [2.05, 4.69) is 4.98 Å². The van der Waals surface area contributed by atoms with Gasteiger partial charge in [-0.1, -0.05) is 30.3 Å². The second kappa shape index (κ2) is 8.10. The average Bonchev–Trinajstić information content (AvgIpc) is 2.71. The largest absolute Gasteiger partial charge is 0.445 e. The summed E-state index contributed by atoms with van der Waals surface area (Å²) in [5, 5.41) is 0. The van der Waals surface area contributed by atoms with Crippen LogP contribution in [0.5, 0.6) is 0 Å². The van der Waals surface area contributed by atoms with Crippen LogP contribution in [0.4, 0.5) is 4.79 Å². The van der Waals surface area contributed by atoms with Crippen molar-refractivity contribution in [3.63, 3.8) is 0 Å². The van der Waals surface area contributed by atoms with E-state index in [1.54, 1.807) is 17.2 Å². The van der Waals surface area contributed by atoms with Gasteiger partial charge in [-0.15, -0.1) is 0 Å². The Balaban J connectivity index is 1.43. The van der Waals surface area contributed by atoms with Crippen molar-refractivity contribution in [2.45, 2.75) is 38.5 Å². The number of morpholine rings is 1. The van der Waals surface area contributed by atoms with Gasteiger partial charge in [0.15, 0.2) is 5.78 Å². The summed E-state index contributed by atoms with van der Waals surface area (Å²) in [5.41, 5.74) is 2.48. The van der Waals surface area contributed by atoms with Crippen LogP contribution in [0, 0.1) is 12.8 Å². The number of aryl methyl sites for hydroxylation is 1. The monoisotopic (exact) mass is 380 g/mol. The molecule has 6 heteroatoms. The summed E-state index contributed by atoms with van der Waals surface area (Å²) < 4.78 is 11.2. The lowest BCUT2D eigenvalue weighted by Gasteiger charge is -2.47. The number of amides is 1. The molecule has 0 N–H and O–H groups in total. The first-order valence-electron chi connectivity index (χ1n) is 9.65. The summed E-state index contributed by atoms with van der Waals surface area (Å²) in [5.74, 6) is 0.0126. The second-order valence-electron chi connectivity index (χ2n) is 7.51. The summed E-state index contributed by atoms with van der Waals surface area (Å²) in [6, 6.07) is 13.0. The van der Waals surface area contributed by atoms with E-state index in [0.29, 0.717) is 31.6 Å². The number of ether oxygens (including phenoxy) is 2.